The largest absolute Gasteiger partial charge is 0.573 e. The molecule has 0 spiro atoms. The Labute approximate surface area is 188 Å². The monoisotopic (exact) mass is 485 g/mol. The zero-order chi connectivity index (χ0) is 24.2. The highest BCUT2D eigenvalue weighted by Gasteiger charge is 2.46. The molecule has 2 fully saturated rings. The summed E-state index contributed by atoms with van der Waals surface area (Å²) in [6.07, 6.45) is -4.25. The average Bonchev–Trinajstić information content (AvgIpc) is 3.36. The normalized spacial score (nSPS) is 22.6. The Balaban J connectivity index is 1.47. The van der Waals surface area contributed by atoms with E-state index in [4.69, 9.17) is 0 Å². The van der Waals surface area contributed by atoms with E-state index in [1.54, 1.807) is 4.90 Å². The fourth-order valence-corrected chi connectivity index (χ4v) is 5.04. The van der Waals surface area contributed by atoms with E-state index in [0.29, 0.717) is 37.4 Å². The molecule has 13 heteroatoms. The molecule has 1 amide bonds. The van der Waals surface area contributed by atoms with Gasteiger partial charge < -0.3 is 9.64 Å². The summed E-state index contributed by atoms with van der Waals surface area (Å²) in [5.41, 5.74) is -0.129. The molecule has 1 aromatic carbocycles. The van der Waals surface area contributed by atoms with Crippen molar-refractivity contribution in [1.29, 1.82) is 0 Å². The summed E-state index contributed by atoms with van der Waals surface area (Å²) in [4.78, 5) is 22.6. The van der Waals surface area contributed by atoms with Gasteiger partial charge in [-0.3, -0.25) is 4.79 Å². The van der Waals surface area contributed by atoms with E-state index in [-0.39, 0.29) is 29.3 Å². The first kappa shape index (κ1) is 22.4. The highest BCUT2D eigenvalue weighted by Crippen LogP contribution is 2.45. The van der Waals surface area contributed by atoms with Gasteiger partial charge in [0.25, 0.3) is 18.1 Å². The summed E-state index contributed by atoms with van der Waals surface area (Å²) < 4.78 is 83.4. The van der Waals surface area contributed by atoms with Crippen molar-refractivity contribution in [1.82, 2.24) is 24.5 Å². The van der Waals surface area contributed by atoms with Crippen LogP contribution in [0.25, 0.3) is 5.78 Å². The number of benzene rings is 1. The van der Waals surface area contributed by atoms with Crippen LogP contribution < -0.4 is 4.74 Å². The number of carbonyl (C=O) groups is 1. The Morgan fingerprint density at radius 3 is 2.59 bits per heavy atom. The third-order valence-electron chi connectivity index (χ3n) is 6.36. The molecule has 2 aromatic heterocycles. The topological polar surface area (TPSA) is 72.6 Å². The number of amides is 1. The lowest BCUT2D eigenvalue weighted by molar-refractivity contribution is -0.275. The molecule has 2 saturated heterocycles. The number of halogens is 6. The van der Waals surface area contributed by atoms with Crippen molar-refractivity contribution in [2.24, 2.45) is 0 Å². The van der Waals surface area contributed by atoms with Crippen molar-refractivity contribution in [2.45, 2.75) is 56.5 Å². The maximum absolute atomic E-state index is 14.2. The number of fused-ring (bicyclic) bond motifs is 3. The summed E-state index contributed by atoms with van der Waals surface area (Å²) in [5.74, 6) is -3.23. The fourth-order valence-electron chi connectivity index (χ4n) is 5.04. The van der Waals surface area contributed by atoms with Crippen LogP contribution >= 0.6 is 0 Å². The Morgan fingerprint density at radius 1 is 1.12 bits per heavy atom. The molecule has 0 radical (unpaired) electrons. The van der Waals surface area contributed by atoms with Gasteiger partial charge in [0.2, 0.25) is 0 Å². The number of carbonyl (C=O) groups excluding carboxylic acids is 1. The summed E-state index contributed by atoms with van der Waals surface area (Å²) >= 11 is 0. The smallest absolute Gasteiger partial charge is 0.403 e. The van der Waals surface area contributed by atoms with E-state index in [0.717, 1.165) is 12.1 Å². The van der Waals surface area contributed by atoms with E-state index in [1.165, 1.54) is 16.9 Å². The lowest BCUT2D eigenvalue weighted by Gasteiger charge is -2.40. The minimum Gasteiger partial charge on any atom is -0.403 e. The van der Waals surface area contributed by atoms with Crippen molar-refractivity contribution in [3.8, 4) is 5.75 Å². The molecule has 0 aliphatic carbocycles. The molecule has 2 bridgehead atoms. The molecule has 0 unspecified atom stereocenters. The minimum atomic E-state index is -5.07. The van der Waals surface area contributed by atoms with Crippen molar-refractivity contribution < 1.29 is 35.9 Å². The molecule has 34 heavy (non-hydrogen) atoms. The number of aromatic nitrogens is 4. The van der Waals surface area contributed by atoms with Crippen molar-refractivity contribution in [3.63, 3.8) is 0 Å². The number of nitrogens with zero attached hydrogens (tertiary/aromatic N) is 5. The molecule has 0 saturated carbocycles. The Hall–Kier alpha value is -3.38. The Kier molecular flexibility index (Phi) is 5.36. The van der Waals surface area contributed by atoms with E-state index in [9.17, 15) is 31.1 Å². The Bertz CT molecular complexity index is 1250. The maximum atomic E-state index is 14.2. The predicted molar refractivity (Wildman–Crippen MR) is 104 cm³/mol. The third-order valence-corrected chi connectivity index (χ3v) is 6.36. The summed E-state index contributed by atoms with van der Waals surface area (Å²) in [5, 5.41) is 4.09. The summed E-state index contributed by atoms with van der Waals surface area (Å²) in [6, 6.07) is 3.28. The van der Waals surface area contributed by atoms with Crippen LogP contribution in [0, 0.1) is 5.82 Å². The number of hydrogen-bond donors (Lipinski definition) is 0. The first-order valence-corrected chi connectivity index (χ1v) is 10.5. The second-order valence-electron chi connectivity index (χ2n) is 8.27. The first-order chi connectivity index (χ1) is 16.1. The van der Waals surface area contributed by atoms with Crippen molar-refractivity contribution in [2.75, 3.05) is 0 Å². The van der Waals surface area contributed by atoms with Gasteiger partial charge >= 0.3 is 6.36 Å². The molecule has 0 N–H and O–H groups in total. The molecular weight excluding hydrogens is 468 g/mol. The number of ether oxygens (including phenoxy) is 1. The number of hydrogen-bond acceptors (Lipinski definition) is 5. The van der Waals surface area contributed by atoms with Crippen molar-refractivity contribution >= 4 is 11.7 Å². The zero-order valence-electron chi connectivity index (χ0n) is 17.3. The molecule has 4 heterocycles. The third kappa shape index (κ3) is 3.92. The average molecular weight is 485 g/mol. The molecular formula is C21H17F6N5O2. The lowest BCUT2D eigenvalue weighted by atomic mass is 9.86. The van der Waals surface area contributed by atoms with Crippen LogP contribution in [0.1, 0.15) is 59.8 Å². The SMILES string of the molecule is O=C(c1ccc(OC(F)(F)F)c(F)c1)N1[C@H]2CC[C@H](c3cc(C(F)F)nc4ncnn34)[C@@H]1CC2. The van der Waals surface area contributed by atoms with Crippen LogP contribution in [0.2, 0.25) is 0 Å². The predicted octanol–water partition coefficient (Wildman–Crippen LogP) is 4.65. The van der Waals surface area contributed by atoms with Crippen LogP contribution in [0.15, 0.2) is 30.6 Å². The van der Waals surface area contributed by atoms with Gasteiger partial charge in [-0.2, -0.15) is 10.1 Å². The minimum absolute atomic E-state index is 0.0214. The van der Waals surface area contributed by atoms with Crippen LogP contribution in [-0.2, 0) is 0 Å². The molecule has 180 valence electrons. The number of piperidine rings is 1. The van der Waals surface area contributed by atoms with Crippen LogP contribution in [0.5, 0.6) is 5.75 Å². The molecule has 3 aromatic rings. The number of alkyl halides is 5. The van der Waals surface area contributed by atoms with E-state index >= 15 is 0 Å². The molecule has 2 aliphatic heterocycles. The van der Waals surface area contributed by atoms with Gasteiger partial charge in [0.15, 0.2) is 11.6 Å². The molecule has 3 atom stereocenters. The summed E-state index contributed by atoms with van der Waals surface area (Å²) in [6.45, 7) is 0. The molecule has 2 aliphatic rings. The van der Waals surface area contributed by atoms with Crippen LogP contribution in [0.3, 0.4) is 0 Å². The van der Waals surface area contributed by atoms with E-state index in [1.807, 2.05) is 0 Å². The quantitative estimate of drug-likeness (QED) is 0.503. The highest BCUT2D eigenvalue weighted by molar-refractivity contribution is 5.95. The van der Waals surface area contributed by atoms with Gasteiger partial charge in [-0.25, -0.2) is 22.7 Å². The van der Waals surface area contributed by atoms with E-state index < -0.39 is 36.0 Å². The Morgan fingerprint density at radius 2 is 1.88 bits per heavy atom. The van der Waals surface area contributed by atoms with Gasteiger partial charge in [0.05, 0.1) is 5.69 Å². The zero-order valence-corrected chi connectivity index (χ0v) is 17.3. The maximum Gasteiger partial charge on any atom is 0.573 e. The molecule has 7 nitrogen and oxygen atoms in total. The van der Waals surface area contributed by atoms with Gasteiger partial charge in [-0.05, 0) is 49.9 Å². The number of rotatable bonds is 4. The fraction of sp³-hybridized carbons (Fsp3) is 0.429. The lowest BCUT2D eigenvalue weighted by Crippen LogP contribution is -2.47. The van der Waals surface area contributed by atoms with Crippen LogP contribution in [-0.4, -0.2) is 48.8 Å². The second kappa shape index (κ2) is 8.13. The standard InChI is InChI=1S/C21H17F6N5O2/c22-13-7-10(1-6-17(13)34-21(25,26)27)19(33)31-11-2-4-12(15(31)5-3-11)16-8-14(18(23)24)30-20-28-9-29-32(16)20/h1,6-9,11-12,15,18H,2-5H2/t11-,12-,15-/m0/s1. The van der Waals surface area contributed by atoms with Gasteiger partial charge in [-0.1, -0.05) is 0 Å². The van der Waals surface area contributed by atoms with E-state index in [2.05, 4.69) is 19.8 Å². The first-order valence-electron chi connectivity index (χ1n) is 10.5. The molecule has 5 rings (SSSR count). The second-order valence-corrected chi connectivity index (χ2v) is 8.27. The van der Waals surface area contributed by atoms with Gasteiger partial charge in [0, 0.05) is 23.6 Å². The van der Waals surface area contributed by atoms with Gasteiger partial charge in [-0.15, -0.1) is 13.2 Å². The highest BCUT2D eigenvalue weighted by atomic mass is 19.4. The van der Waals surface area contributed by atoms with Crippen molar-refractivity contribution in [3.05, 3.63) is 53.4 Å². The van der Waals surface area contributed by atoms with Gasteiger partial charge in [0.1, 0.15) is 12.0 Å². The summed E-state index contributed by atoms with van der Waals surface area (Å²) in [7, 11) is 0. The van der Waals surface area contributed by atoms with Crippen LogP contribution in [0.4, 0.5) is 26.3 Å².